The van der Waals surface area contributed by atoms with Gasteiger partial charge in [-0.2, -0.15) is 0 Å². The molecule has 0 spiro atoms. The Bertz CT molecular complexity index is 287. The minimum Gasteiger partial charge on any atom is -0.383 e. The van der Waals surface area contributed by atoms with Gasteiger partial charge in [0.15, 0.2) is 0 Å². The molecule has 0 aromatic carbocycles. The number of nitrogens with two attached hydrogens (primary N) is 1. The summed E-state index contributed by atoms with van der Waals surface area (Å²) in [5.74, 6) is 1.06. The summed E-state index contributed by atoms with van der Waals surface area (Å²) in [6.45, 7) is 7.24. The van der Waals surface area contributed by atoms with Gasteiger partial charge in [-0.25, -0.2) is 4.98 Å². The summed E-state index contributed by atoms with van der Waals surface area (Å²) in [5, 5.41) is 0. The van der Waals surface area contributed by atoms with E-state index in [0.717, 1.165) is 38.6 Å². The lowest BCUT2D eigenvalue weighted by Gasteiger charge is -2.21. The molecule has 0 saturated carbocycles. The summed E-state index contributed by atoms with van der Waals surface area (Å²) in [6, 6.07) is 0. The van der Waals surface area contributed by atoms with Crippen molar-refractivity contribution in [1.29, 1.82) is 0 Å². The Kier molecular flexibility index (Phi) is 6.07. The third-order valence-electron chi connectivity index (χ3n) is 2.64. The molecule has 0 fully saturated rings. The zero-order valence-electron chi connectivity index (χ0n) is 10.2. The zero-order valence-corrected chi connectivity index (χ0v) is 10.2. The predicted octanol–water partition coefficient (Wildman–Crippen LogP) is 0.0986. The van der Waals surface area contributed by atoms with E-state index in [1.54, 1.807) is 7.11 Å². The summed E-state index contributed by atoms with van der Waals surface area (Å²) in [4.78, 5) is 6.51. The lowest BCUT2D eigenvalue weighted by molar-refractivity contribution is 0.147. The molecule has 1 rings (SSSR count). The second-order valence-electron chi connectivity index (χ2n) is 3.79. The minimum absolute atomic E-state index is 0.687. The lowest BCUT2D eigenvalue weighted by atomic mass is 10.4. The van der Waals surface area contributed by atoms with Crippen LogP contribution in [0.25, 0.3) is 0 Å². The first kappa shape index (κ1) is 13.2. The van der Waals surface area contributed by atoms with Crippen LogP contribution in [0.2, 0.25) is 0 Å². The van der Waals surface area contributed by atoms with Crippen molar-refractivity contribution >= 4 is 0 Å². The van der Waals surface area contributed by atoms with Gasteiger partial charge in [-0.05, 0) is 6.92 Å². The monoisotopic (exact) mass is 226 g/mol. The third kappa shape index (κ3) is 4.30. The molecule has 5 nitrogen and oxygen atoms in total. The molecule has 0 unspecified atom stereocenters. The lowest BCUT2D eigenvalue weighted by Crippen LogP contribution is -2.35. The van der Waals surface area contributed by atoms with Gasteiger partial charge in [0.1, 0.15) is 5.82 Å². The van der Waals surface area contributed by atoms with E-state index < -0.39 is 0 Å². The summed E-state index contributed by atoms with van der Waals surface area (Å²) in [7, 11) is 1.72. The number of methoxy groups -OCH3 is 1. The van der Waals surface area contributed by atoms with Crippen LogP contribution in [0.5, 0.6) is 0 Å². The van der Waals surface area contributed by atoms with Gasteiger partial charge in [0, 0.05) is 52.2 Å². The fourth-order valence-electron chi connectivity index (χ4n) is 1.63. The number of rotatable bonds is 8. The maximum absolute atomic E-state index is 5.58. The molecule has 1 aromatic rings. The first-order chi connectivity index (χ1) is 7.77. The van der Waals surface area contributed by atoms with Gasteiger partial charge in [-0.1, -0.05) is 0 Å². The van der Waals surface area contributed by atoms with E-state index in [0.29, 0.717) is 6.54 Å². The average molecular weight is 226 g/mol. The number of nitrogens with zero attached hydrogens (tertiary/aromatic N) is 3. The van der Waals surface area contributed by atoms with Crippen molar-refractivity contribution < 1.29 is 4.74 Å². The van der Waals surface area contributed by atoms with Crippen LogP contribution in [-0.2, 0) is 11.3 Å². The van der Waals surface area contributed by atoms with Gasteiger partial charge in [0.05, 0.1) is 6.61 Å². The molecule has 0 amide bonds. The first-order valence-corrected chi connectivity index (χ1v) is 5.67. The van der Waals surface area contributed by atoms with Crippen LogP contribution in [0.1, 0.15) is 5.82 Å². The molecule has 0 atom stereocenters. The molecule has 0 bridgehead atoms. The van der Waals surface area contributed by atoms with Crippen LogP contribution in [0.3, 0.4) is 0 Å². The molecule has 0 aliphatic heterocycles. The Morgan fingerprint density at radius 3 is 2.81 bits per heavy atom. The van der Waals surface area contributed by atoms with Crippen LogP contribution in [0.15, 0.2) is 12.4 Å². The van der Waals surface area contributed by atoms with Crippen LogP contribution < -0.4 is 5.73 Å². The summed E-state index contributed by atoms with van der Waals surface area (Å²) < 4.78 is 7.23. The largest absolute Gasteiger partial charge is 0.383 e. The fraction of sp³-hybridized carbons (Fsp3) is 0.727. The topological polar surface area (TPSA) is 56.3 Å². The van der Waals surface area contributed by atoms with Gasteiger partial charge in [-0.15, -0.1) is 0 Å². The molecule has 0 saturated heterocycles. The second kappa shape index (κ2) is 7.38. The SMILES string of the molecule is COCCN(CCN)CCn1ccnc1C. The average Bonchev–Trinajstić information content (AvgIpc) is 2.68. The summed E-state index contributed by atoms with van der Waals surface area (Å²) in [6.07, 6.45) is 3.84. The van der Waals surface area contributed by atoms with Crippen molar-refractivity contribution in [2.45, 2.75) is 13.5 Å². The van der Waals surface area contributed by atoms with Crippen molar-refractivity contribution in [2.75, 3.05) is 39.9 Å². The number of aryl methyl sites for hydroxylation is 1. The third-order valence-corrected chi connectivity index (χ3v) is 2.64. The Labute approximate surface area is 97.2 Å². The first-order valence-electron chi connectivity index (χ1n) is 5.67. The van der Waals surface area contributed by atoms with E-state index in [-0.39, 0.29) is 0 Å². The number of imidazole rings is 1. The van der Waals surface area contributed by atoms with E-state index in [2.05, 4.69) is 14.5 Å². The second-order valence-corrected chi connectivity index (χ2v) is 3.79. The number of hydrogen-bond acceptors (Lipinski definition) is 4. The Morgan fingerprint density at radius 2 is 2.25 bits per heavy atom. The highest BCUT2D eigenvalue weighted by Crippen LogP contribution is 1.97. The van der Waals surface area contributed by atoms with Crippen LogP contribution in [0.4, 0.5) is 0 Å². The summed E-state index contributed by atoms with van der Waals surface area (Å²) >= 11 is 0. The molecule has 0 radical (unpaired) electrons. The van der Waals surface area contributed by atoms with E-state index in [9.17, 15) is 0 Å². The molecule has 0 aliphatic carbocycles. The van der Waals surface area contributed by atoms with Crippen molar-refractivity contribution in [3.05, 3.63) is 18.2 Å². The molecule has 5 heteroatoms. The number of aromatic nitrogens is 2. The highest BCUT2D eigenvalue weighted by molar-refractivity contribution is 4.88. The Hall–Kier alpha value is -0.910. The Balaban J connectivity index is 2.34. The fourth-order valence-corrected chi connectivity index (χ4v) is 1.63. The van der Waals surface area contributed by atoms with Gasteiger partial charge in [0.2, 0.25) is 0 Å². The molecule has 0 aliphatic rings. The van der Waals surface area contributed by atoms with Crippen LogP contribution >= 0.6 is 0 Å². The maximum Gasteiger partial charge on any atom is 0.105 e. The van der Waals surface area contributed by atoms with Crippen LogP contribution in [0, 0.1) is 6.92 Å². The van der Waals surface area contributed by atoms with Crippen molar-refractivity contribution in [1.82, 2.24) is 14.5 Å². The van der Waals surface area contributed by atoms with Gasteiger partial charge in [-0.3, -0.25) is 4.90 Å². The molecule has 1 heterocycles. The molecule has 1 aromatic heterocycles. The molecular formula is C11H22N4O. The standard InChI is InChI=1S/C11H22N4O/c1-11-13-4-6-15(11)8-7-14(5-3-12)9-10-16-2/h4,6H,3,5,7-10,12H2,1-2H3. The van der Waals surface area contributed by atoms with E-state index in [1.165, 1.54) is 0 Å². The van der Waals surface area contributed by atoms with E-state index in [4.69, 9.17) is 10.5 Å². The van der Waals surface area contributed by atoms with Gasteiger partial charge in [0.25, 0.3) is 0 Å². The van der Waals surface area contributed by atoms with Crippen molar-refractivity contribution in [3.63, 3.8) is 0 Å². The molecular weight excluding hydrogens is 204 g/mol. The van der Waals surface area contributed by atoms with Crippen LogP contribution in [-0.4, -0.2) is 54.3 Å². The predicted molar refractivity (Wildman–Crippen MR) is 64.3 cm³/mol. The van der Waals surface area contributed by atoms with Gasteiger partial charge < -0.3 is 15.0 Å². The van der Waals surface area contributed by atoms with Crippen molar-refractivity contribution in [2.24, 2.45) is 5.73 Å². The maximum atomic E-state index is 5.58. The zero-order chi connectivity index (χ0) is 11.8. The smallest absolute Gasteiger partial charge is 0.105 e. The highest BCUT2D eigenvalue weighted by Gasteiger charge is 2.04. The highest BCUT2D eigenvalue weighted by atomic mass is 16.5. The Morgan fingerprint density at radius 1 is 1.44 bits per heavy atom. The molecule has 2 N–H and O–H groups in total. The van der Waals surface area contributed by atoms with Gasteiger partial charge >= 0.3 is 0 Å². The number of hydrogen-bond donors (Lipinski definition) is 1. The quantitative estimate of drug-likeness (QED) is 0.683. The summed E-state index contributed by atoms with van der Waals surface area (Å²) in [5.41, 5.74) is 5.58. The molecule has 16 heavy (non-hydrogen) atoms. The van der Waals surface area contributed by atoms with E-state index in [1.807, 2.05) is 19.3 Å². The normalized spacial score (nSPS) is 11.2. The molecule has 92 valence electrons. The minimum atomic E-state index is 0.687. The van der Waals surface area contributed by atoms with Crippen molar-refractivity contribution in [3.8, 4) is 0 Å². The number of ether oxygens (including phenoxy) is 1. The van der Waals surface area contributed by atoms with E-state index >= 15 is 0 Å².